The second-order valence-electron chi connectivity index (χ2n) is 16.0. The van der Waals surface area contributed by atoms with Crippen molar-refractivity contribution in [1.29, 1.82) is 0 Å². The van der Waals surface area contributed by atoms with E-state index >= 15 is 0 Å². The molecular formula is C35H65N3O7. The van der Waals surface area contributed by atoms with Gasteiger partial charge in [-0.15, -0.1) is 0 Å². The number of ketones is 1. The van der Waals surface area contributed by atoms with E-state index in [0.29, 0.717) is 37.3 Å². The van der Waals surface area contributed by atoms with Crippen molar-refractivity contribution in [2.45, 2.75) is 123 Å². The summed E-state index contributed by atoms with van der Waals surface area (Å²) in [5, 5.41) is 11.3. The summed E-state index contributed by atoms with van der Waals surface area (Å²) in [7, 11) is 7.75. The van der Waals surface area contributed by atoms with Crippen LogP contribution in [0.5, 0.6) is 0 Å². The average Bonchev–Trinajstić information content (AvgIpc) is 2.92. The molecule has 0 aromatic heterocycles. The second kappa shape index (κ2) is 15.8. The highest BCUT2D eigenvalue weighted by Gasteiger charge is 2.51. The Kier molecular flexibility index (Phi) is 13.5. The van der Waals surface area contributed by atoms with Crippen LogP contribution in [0.2, 0.25) is 0 Å². The maximum Gasteiger partial charge on any atom is 0.319 e. The van der Waals surface area contributed by atoms with Crippen LogP contribution in [0.4, 0.5) is 0 Å². The number of methoxy groups -OCH3 is 1. The van der Waals surface area contributed by atoms with Gasteiger partial charge in [0.2, 0.25) is 0 Å². The summed E-state index contributed by atoms with van der Waals surface area (Å²) >= 11 is 0. The van der Waals surface area contributed by atoms with Gasteiger partial charge < -0.3 is 33.9 Å². The van der Waals surface area contributed by atoms with Crippen LogP contribution in [0.1, 0.15) is 81.1 Å². The van der Waals surface area contributed by atoms with Crippen LogP contribution >= 0.6 is 0 Å². The number of Topliss-reactive ketones (excluding diaryl/α,β-unsaturated/α-hetero) is 1. The Hall–Kier alpha value is -1.14. The lowest BCUT2D eigenvalue weighted by molar-refractivity contribution is -0.295. The van der Waals surface area contributed by atoms with E-state index in [1.54, 1.807) is 27.9 Å². The van der Waals surface area contributed by atoms with Crippen molar-refractivity contribution in [2.75, 3.05) is 61.0 Å². The summed E-state index contributed by atoms with van der Waals surface area (Å²) in [5.74, 6) is -0.101. The number of ether oxygens (including phenoxy) is 4. The molecule has 1 N–H and O–H groups in total. The van der Waals surface area contributed by atoms with Gasteiger partial charge in [-0.05, 0) is 92.3 Å². The molecule has 3 aliphatic rings. The number of hydrogen-bond acceptors (Lipinski definition) is 10. The van der Waals surface area contributed by atoms with Crippen LogP contribution in [0.15, 0.2) is 0 Å². The van der Waals surface area contributed by atoms with E-state index in [0.717, 1.165) is 19.6 Å². The first-order valence-corrected chi connectivity index (χ1v) is 17.2. The molecule has 2 saturated heterocycles. The zero-order chi connectivity index (χ0) is 33.9. The number of rotatable bonds is 9. The number of carbonyl (C=O) groups excluding carboxylic acids is 2. The normalized spacial score (nSPS) is 39.2. The molecule has 3 rings (SSSR count). The number of nitrogens with zero attached hydrogens (tertiary/aromatic N) is 3. The lowest BCUT2D eigenvalue weighted by Gasteiger charge is -2.47. The molecule has 1 aliphatic carbocycles. The minimum absolute atomic E-state index is 0.143. The summed E-state index contributed by atoms with van der Waals surface area (Å²) in [6.07, 6.45) is 0.845. The van der Waals surface area contributed by atoms with Crippen LogP contribution in [-0.2, 0) is 28.5 Å². The van der Waals surface area contributed by atoms with Gasteiger partial charge in [-0.3, -0.25) is 14.5 Å². The van der Waals surface area contributed by atoms with Gasteiger partial charge in [-0.2, -0.15) is 0 Å². The predicted molar refractivity (Wildman–Crippen MR) is 176 cm³/mol. The molecule has 0 bridgehead atoms. The number of aliphatic hydroxyl groups is 1. The van der Waals surface area contributed by atoms with Crippen molar-refractivity contribution < 1.29 is 33.6 Å². The molecule has 0 unspecified atom stereocenters. The van der Waals surface area contributed by atoms with Gasteiger partial charge in [0.05, 0.1) is 17.8 Å². The zero-order valence-electron chi connectivity index (χ0n) is 30.4. The Balaban J connectivity index is 1.86. The van der Waals surface area contributed by atoms with Gasteiger partial charge in [0.25, 0.3) is 0 Å². The Morgan fingerprint density at radius 3 is 2.29 bits per heavy atom. The topological polar surface area (TPSA) is 101 Å². The van der Waals surface area contributed by atoms with Crippen LogP contribution in [-0.4, -0.2) is 135 Å². The summed E-state index contributed by atoms with van der Waals surface area (Å²) < 4.78 is 24.8. The molecule has 8 atom stereocenters. The van der Waals surface area contributed by atoms with Crippen molar-refractivity contribution in [3.63, 3.8) is 0 Å². The first-order valence-electron chi connectivity index (χ1n) is 17.2. The molecule has 1 saturated carbocycles. The van der Waals surface area contributed by atoms with Crippen LogP contribution in [0.3, 0.4) is 0 Å². The number of likely N-dealkylation sites (N-methyl/N-ethyl adjacent to an activating group) is 1. The fraction of sp³-hybridized carbons (Fsp3) is 0.943. The van der Waals surface area contributed by atoms with Gasteiger partial charge in [-0.25, -0.2) is 0 Å². The van der Waals surface area contributed by atoms with Crippen molar-refractivity contribution in [3.8, 4) is 0 Å². The van der Waals surface area contributed by atoms with Gasteiger partial charge >= 0.3 is 5.97 Å². The van der Waals surface area contributed by atoms with Gasteiger partial charge in [0, 0.05) is 51.3 Å². The number of cyclic esters (lactones) is 1. The Morgan fingerprint density at radius 2 is 1.71 bits per heavy atom. The Morgan fingerprint density at radius 1 is 1.07 bits per heavy atom. The van der Waals surface area contributed by atoms with E-state index in [-0.39, 0.29) is 30.5 Å². The van der Waals surface area contributed by atoms with Crippen molar-refractivity contribution >= 4 is 11.8 Å². The highest BCUT2D eigenvalue weighted by atomic mass is 16.7. The smallest absolute Gasteiger partial charge is 0.319 e. The second-order valence-corrected chi connectivity index (χ2v) is 16.0. The minimum Gasteiger partial charge on any atom is -0.464 e. The lowest BCUT2D eigenvalue weighted by atomic mass is 9.74. The van der Waals surface area contributed by atoms with Crippen LogP contribution < -0.4 is 0 Å². The van der Waals surface area contributed by atoms with E-state index in [1.807, 2.05) is 32.8 Å². The highest BCUT2D eigenvalue weighted by molar-refractivity contribution is 6.04. The molecule has 10 heteroatoms. The minimum atomic E-state index is -1.38. The third-order valence-corrected chi connectivity index (χ3v) is 10.6. The van der Waals surface area contributed by atoms with Gasteiger partial charge in [0.15, 0.2) is 12.1 Å². The SMILES string of the molecule is CO[C@]1(C)C[C@@H](C)CN(CC2CC(N(C)CC(C)C)C2)CCOC(=O)C(C)(C)C(=O)[C@H](C)[C@H]1O[C@@H]1O[C@H](C)C[C@H](N(C)C)[C@H]1O. The molecule has 0 aromatic carbocycles. The van der Waals surface area contributed by atoms with E-state index in [1.165, 1.54) is 12.8 Å². The molecular weight excluding hydrogens is 574 g/mol. The lowest BCUT2D eigenvalue weighted by Crippen LogP contribution is -2.59. The summed E-state index contributed by atoms with van der Waals surface area (Å²) in [4.78, 5) is 34.4. The Bertz CT molecular complexity index is 971. The molecule has 10 nitrogen and oxygen atoms in total. The molecule has 262 valence electrons. The van der Waals surface area contributed by atoms with E-state index in [4.69, 9.17) is 18.9 Å². The molecule has 0 amide bonds. The van der Waals surface area contributed by atoms with Gasteiger partial charge in [0.1, 0.15) is 18.1 Å². The standard InChI is InChI=1S/C35H65N3O7/c1-22(2)19-37(11)27-16-26(17-27)21-38-13-14-43-33(41)34(6,7)30(40)25(5)31(35(8,42-12)18-23(3)20-38)45-32-29(39)28(36(9)10)15-24(4)44-32/h22-29,31-32,39H,13-21H2,1-12H3/t23-,24-,25+,26?,27?,28+,29-,31-,32+,35-/m1/s1. The molecule has 0 spiro atoms. The molecule has 2 aliphatic heterocycles. The number of hydrogen-bond donors (Lipinski definition) is 1. The summed E-state index contributed by atoms with van der Waals surface area (Å²) in [6, 6.07) is 0.460. The fourth-order valence-corrected chi connectivity index (χ4v) is 7.91. The molecule has 2 heterocycles. The number of esters is 1. The van der Waals surface area contributed by atoms with E-state index in [2.05, 4.69) is 37.6 Å². The van der Waals surface area contributed by atoms with Gasteiger partial charge in [-0.1, -0.05) is 27.7 Å². The van der Waals surface area contributed by atoms with Crippen molar-refractivity contribution in [3.05, 3.63) is 0 Å². The molecule has 45 heavy (non-hydrogen) atoms. The van der Waals surface area contributed by atoms with Crippen LogP contribution in [0, 0.1) is 29.1 Å². The number of carbonyl (C=O) groups is 2. The molecule has 3 fully saturated rings. The maximum atomic E-state index is 14.1. The maximum absolute atomic E-state index is 14.1. The third-order valence-electron chi connectivity index (χ3n) is 10.6. The first kappa shape index (κ1) is 38.3. The third kappa shape index (κ3) is 9.48. The average molecular weight is 640 g/mol. The largest absolute Gasteiger partial charge is 0.464 e. The van der Waals surface area contributed by atoms with E-state index < -0.39 is 41.4 Å². The monoisotopic (exact) mass is 639 g/mol. The quantitative estimate of drug-likeness (QED) is 0.297. The Labute approximate surface area is 273 Å². The first-order chi connectivity index (χ1) is 20.9. The summed E-state index contributed by atoms with van der Waals surface area (Å²) in [6.45, 7) is 19.5. The van der Waals surface area contributed by atoms with Crippen LogP contribution in [0.25, 0.3) is 0 Å². The van der Waals surface area contributed by atoms with E-state index in [9.17, 15) is 14.7 Å². The highest BCUT2D eigenvalue weighted by Crippen LogP contribution is 2.39. The fourth-order valence-electron chi connectivity index (χ4n) is 7.91. The zero-order valence-corrected chi connectivity index (χ0v) is 30.4. The molecule has 0 aromatic rings. The van der Waals surface area contributed by atoms with Crippen molar-refractivity contribution in [2.24, 2.45) is 29.1 Å². The predicted octanol–water partition coefficient (Wildman–Crippen LogP) is 3.69. The summed E-state index contributed by atoms with van der Waals surface area (Å²) in [5.41, 5.74) is -2.28. The number of aliphatic hydroxyl groups excluding tert-OH is 1. The van der Waals surface area contributed by atoms with Crippen molar-refractivity contribution in [1.82, 2.24) is 14.7 Å². The molecule has 0 radical (unpaired) electrons.